The van der Waals surface area contributed by atoms with Crippen LogP contribution in [0, 0.1) is 5.82 Å². The second kappa shape index (κ2) is 11.7. The lowest BCUT2D eigenvalue weighted by Gasteiger charge is -2.11. The van der Waals surface area contributed by atoms with E-state index in [4.69, 9.17) is 4.74 Å². The number of benzene rings is 2. The van der Waals surface area contributed by atoms with Crippen molar-refractivity contribution in [1.29, 1.82) is 0 Å². The molecular formula is C25H27FN2O4S. The quantitative estimate of drug-likeness (QED) is 0.431. The van der Waals surface area contributed by atoms with Crippen LogP contribution in [0.1, 0.15) is 35.6 Å². The number of rotatable bonds is 11. The van der Waals surface area contributed by atoms with Crippen molar-refractivity contribution >= 4 is 16.0 Å². The third kappa shape index (κ3) is 7.76. The fourth-order valence-corrected chi connectivity index (χ4v) is 4.51. The number of aryl methyl sites for hydroxylation is 1. The average molecular weight is 471 g/mol. The number of hydrogen-bond donors (Lipinski definition) is 1. The Balaban J connectivity index is 1.71. The molecule has 0 bridgehead atoms. The van der Waals surface area contributed by atoms with Gasteiger partial charge in [-0.05, 0) is 78.8 Å². The third-order valence-corrected chi connectivity index (χ3v) is 6.47. The van der Waals surface area contributed by atoms with Crippen LogP contribution in [0.5, 0.6) is 0 Å². The number of carbonyl (C=O) groups excluding carboxylic acids is 1. The molecule has 2 aromatic carbocycles. The molecule has 3 aromatic rings. The van der Waals surface area contributed by atoms with Gasteiger partial charge in [-0.3, -0.25) is 9.78 Å². The summed E-state index contributed by atoms with van der Waals surface area (Å²) in [7, 11) is -3.73. The van der Waals surface area contributed by atoms with Crippen LogP contribution >= 0.6 is 0 Å². The summed E-state index contributed by atoms with van der Waals surface area (Å²) in [5, 5.41) is 0. The Bertz CT molecular complexity index is 1170. The minimum absolute atomic E-state index is 0.0179. The highest BCUT2D eigenvalue weighted by Crippen LogP contribution is 2.17. The minimum atomic E-state index is -3.73. The molecule has 174 valence electrons. The van der Waals surface area contributed by atoms with Gasteiger partial charge >= 0.3 is 5.97 Å². The van der Waals surface area contributed by atoms with Gasteiger partial charge in [0.05, 0.1) is 11.5 Å². The topological polar surface area (TPSA) is 85.4 Å². The molecule has 33 heavy (non-hydrogen) atoms. The highest BCUT2D eigenvalue weighted by atomic mass is 32.2. The highest BCUT2D eigenvalue weighted by Gasteiger charge is 2.14. The first-order valence-electron chi connectivity index (χ1n) is 10.8. The van der Waals surface area contributed by atoms with E-state index in [1.807, 2.05) is 30.5 Å². The lowest BCUT2D eigenvalue weighted by molar-refractivity contribution is -0.143. The third-order valence-electron chi connectivity index (χ3n) is 5.00. The van der Waals surface area contributed by atoms with Gasteiger partial charge in [0, 0.05) is 25.4 Å². The lowest BCUT2D eigenvalue weighted by atomic mass is 9.97. The van der Waals surface area contributed by atoms with Crippen molar-refractivity contribution in [3.05, 3.63) is 95.1 Å². The van der Waals surface area contributed by atoms with Crippen molar-refractivity contribution in [2.45, 2.75) is 37.5 Å². The first-order chi connectivity index (χ1) is 15.9. The van der Waals surface area contributed by atoms with Crippen molar-refractivity contribution in [3.63, 3.8) is 0 Å². The van der Waals surface area contributed by atoms with Crippen molar-refractivity contribution in [2.75, 3.05) is 13.2 Å². The Morgan fingerprint density at radius 1 is 1.00 bits per heavy atom. The summed E-state index contributed by atoms with van der Waals surface area (Å²) >= 11 is 0. The monoisotopic (exact) mass is 470 g/mol. The number of sulfonamides is 1. The predicted octanol–water partition coefficient (Wildman–Crippen LogP) is 3.83. The number of carbonyl (C=O) groups is 1. The van der Waals surface area contributed by atoms with Crippen LogP contribution in [0.4, 0.5) is 4.39 Å². The van der Waals surface area contributed by atoms with Crippen molar-refractivity contribution in [2.24, 2.45) is 0 Å². The van der Waals surface area contributed by atoms with E-state index in [2.05, 4.69) is 15.8 Å². The number of esters is 1. The van der Waals surface area contributed by atoms with Crippen LogP contribution < -0.4 is 4.72 Å². The molecule has 0 aliphatic carbocycles. The number of aromatic nitrogens is 1. The van der Waals surface area contributed by atoms with Crippen LogP contribution in [0.15, 0.2) is 71.9 Å². The zero-order valence-corrected chi connectivity index (χ0v) is 19.3. The van der Waals surface area contributed by atoms with Crippen molar-refractivity contribution in [3.8, 4) is 0 Å². The molecule has 0 saturated heterocycles. The molecule has 8 heteroatoms. The Morgan fingerprint density at radius 2 is 1.70 bits per heavy atom. The molecule has 0 aliphatic rings. The number of nitrogens with zero attached hydrogens (tertiary/aromatic N) is 1. The molecule has 6 nitrogen and oxygen atoms in total. The molecular weight excluding hydrogens is 443 g/mol. The molecule has 1 aromatic heterocycles. The predicted molar refractivity (Wildman–Crippen MR) is 124 cm³/mol. The molecule has 0 saturated carbocycles. The largest absolute Gasteiger partial charge is 0.466 e. The first kappa shape index (κ1) is 24.5. The molecule has 0 aliphatic heterocycles. The molecule has 0 unspecified atom stereocenters. The summed E-state index contributed by atoms with van der Waals surface area (Å²) in [6.45, 7) is 2.31. The molecule has 3 rings (SSSR count). The Kier molecular flexibility index (Phi) is 8.68. The van der Waals surface area contributed by atoms with Gasteiger partial charge in [0.1, 0.15) is 5.82 Å². The number of halogens is 1. The number of nitrogens with one attached hydrogen (secondary N) is 1. The van der Waals surface area contributed by atoms with E-state index >= 15 is 0 Å². The maximum Gasteiger partial charge on any atom is 0.306 e. The van der Waals surface area contributed by atoms with Crippen molar-refractivity contribution in [1.82, 2.24) is 9.71 Å². The summed E-state index contributed by atoms with van der Waals surface area (Å²) in [5.41, 5.74) is 4.06. The van der Waals surface area contributed by atoms with E-state index in [1.165, 1.54) is 12.1 Å². The van der Waals surface area contributed by atoms with E-state index in [0.29, 0.717) is 25.9 Å². The van der Waals surface area contributed by atoms with Gasteiger partial charge in [-0.25, -0.2) is 17.5 Å². The van der Waals surface area contributed by atoms with Gasteiger partial charge in [0.2, 0.25) is 10.0 Å². The van der Waals surface area contributed by atoms with E-state index in [1.54, 1.807) is 13.1 Å². The average Bonchev–Trinajstić information content (AvgIpc) is 2.79. The molecule has 0 fully saturated rings. The van der Waals surface area contributed by atoms with Crippen LogP contribution in [-0.2, 0) is 38.8 Å². The molecule has 1 N–H and O–H groups in total. The zero-order chi connectivity index (χ0) is 23.7. The van der Waals surface area contributed by atoms with Gasteiger partial charge in [0.25, 0.3) is 0 Å². The maximum absolute atomic E-state index is 13.1. The maximum atomic E-state index is 13.1. The normalized spacial score (nSPS) is 11.3. The minimum Gasteiger partial charge on any atom is -0.466 e. The summed E-state index contributed by atoms with van der Waals surface area (Å²) in [5.74, 6) is -0.738. The second-order valence-corrected chi connectivity index (χ2v) is 9.37. The zero-order valence-electron chi connectivity index (χ0n) is 18.5. The number of pyridine rings is 1. The SMILES string of the molecule is CCOC(=O)CCc1cc(CCNS(=O)(=O)c2ccc(F)cc2)cc(Cc2cccnc2)c1. The van der Waals surface area contributed by atoms with E-state index in [9.17, 15) is 17.6 Å². The van der Waals surface area contributed by atoms with E-state index in [0.717, 1.165) is 34.4 Å². The molecule has 0 amide bonds. The smallest absolute Gasteiger partial charge is 0.306 e. The summed E-state index contributed by atoms with van der Waals surface area (Å²) in [6.07, 6.45) is 5.48. The lowest BCUT2D eigenvalue weighted by Crippen LogP contribution is -2.26. The van der Waals surface area contributed by atoms with E-state index in [-0.39, 0.29) is 23.8 Å². The fraction of sp³-hybridized carbons (Fsp3) is 0.280. The van der Waals surface area contributed by atoms with E-state index < -0.39 is 15.8 Å². The number of hydrogen-bond acceptors (Lipinski definition) is 5. The second-order valence-electron chi connectivity index (χ2n) is 7.60. The number of ether oxygens (including phenoxy) is 1. The Labute approximate surface area is 193 Å². The standard InChI is InChI=1S/C25H27FN2O4S/c1-2-32-25(29)10-5-19-14-20(16-22(15-19)17-21-4-3-12-27-18-21)11-13-28-33(30,31)24-8-6-23(26)7-9-24/h3-4,6-9,12,14-16,18,28H,2,5,10-11,13,17H2,1H3. The van der Waals surface area contributed by atoms with Gasteiger partial charge < -0.3 is 4.74 Å². The van der Waals surface area contributed by atoms with Crippen LogP contribution in [0.2, 0.25) is 0 Å². The van der Waals surface area contributed by atoms with Gasteiger partial charge in [-0.1, -0.05) is 24.3 Å². The van der Waals surface area contributed by atoms with Gasteiger partial charge in [-0.2, -0.15) is 0 Å². The fourth-order valence-electron chi connectivity index (χ4n) is 3.47. The Morgan fingerprint density at radius 3 is 2.36 bits per heavy atom. The van der Waals surface area contributed by atoms with Crippen LogP contribution in [0.25, 0.3) is 0 Å². The van der Waals surface area contributed by atoms with Gasteiger partial charge in [0.15, 0.2) is 0 Å². The van der Waals surface area contributed by atoms with Crippen LogP contribution in [-0.4, -0.2) is 32.5 Å². The molecule has 0 radical (unpaired) electrons. The highest BCUT2D eigenvalue weighted by molar-refractivity contribution is 7.89. The summed E-state index contributed by atoms with van der Waals surface area (Å²) in [6, 6.07) is 14.7. The molecule has 0 spiro atoms. The summed E-state index contributed by atoms with van der Waals surface area (Å²) in [4.78, 5) is 16.0. The van der Waals surface area contributed by atoms with Crippen molar-refractivity contribution < 1.29 is 22.3 Å². The Hall–Kier alpha value is -3.10. The van der Waals surface area contributed by atoms with Crippen LogP contribution in [0.3, 0.4) is 0 Å². The van der Waals surface area contributed by atoms with Gasteiger partial charge in [-0.15, -0.1) is 0 Å². The first-order valence-corrected chi connectivity index (χ1v) is 12.3. The molecule has 0 atom stereocenters. The molecule has 1 heterocycles. The summed E-state index contributed by atoms with van der Waals surface area (Å²) < 4.78 is 45.6.